The zero-order valence-electron chi connectivity index (χ0n) is 9.69. The third-order valence-electron chi connectivity index (χ3n) is 2.35. The summed E-state index contributed by atoms with van der Waals surface area (Å²) in [4.78, 5) is 10.1. The highest BCUT2D eigenvalue weighted by Crippen LogP contribution is 2.29. The Morgan fingerprint density at radius 2 is 2.00 bits per heavy atom. The lowest BCUT2D eigenvalue weighted by Crippen LogP contribution is -2.03. The first kappa shape index (κ1) is 11.2. The lowest BCUT2D eigenvalue weighted by atomic mass is 10.2. The summed E-state index contributed by atoms with van der Waals surface area (Å²) in [5, 5.41) is 0.952. The zero-order valence-corrected chi connectivity index (χ0v) is 10.5. The predicted octanol–water partition coefficient (Wildman–Crippen LogP) is 2.84. The van der Waals surface area contributed by atoms with Crippen molar-refractivity contribution in [1.82, 2.24) is 9.97 Å². The number of pyridine rings is 1. The topological polar surface area (TPSA) is 51.8 Å². The fraction of sp³-hybridized carbons (Fsp3) is 0.333. The van der Waals surface area contributed by atoms with Gasteiger partial charge in [0.2, 0.25) is 0 Å². The second-order valence-corrected chi connectivity index (χ2v) is 4.95. The van der Waals surface area contributed by atoms with E-state index in [2.05, 4.69) is 9.97 Å². The SMILES string of the molecule is Cc1cccc(-c2nc(C)c(C(C)N)s2)n1. The van der Waals surface area contributed by atoms with Crippen LogP contribution in [0.2, 0.25) is 0 Å². The molecule has 2 heterocycles. The maximum Gasteiger partial charge on any atom is 0.142 e. The van der Waals surface area contributed by atoms with Gasteiger partial charge in [-0.15, -0.1) is 11.3 Å². The first-order chi connectivity index (χ1) is 7.58. The summed E-state index contributed by atoms with van der Waals surface area (Å²) in [5.74, 6) is 0. The molecule has 1 atom stereocenters. The second-order valence-electron chi connectivity index (χ2n) is 3.92. The van der Waals surface area contributed by atoms with Crippen LogP contribution in [0.1, 0.15) is 29.2 Å². The van der Waals surface area contributed by atoms with E-state index < -0.39 is 0 Å². The Morgan fingerprint density at radius 3 is 2.56 bits per heavy atom. The highest BCUT2D eigenvalue weighted by atomic mass is 32.1. The van der Waals surface area contributed by atoms with Gasteiger partial charge in [-0.1, -0.05) is 6.07 Å². The monoisotopic (exact) mass is 233 g/mol. The Labute approximate surface area is 99.4 Å². The lowest BCUT2D eigenvalue weighted by Gasteiger charge is -2.00. The second kappa shape index (κ2) is 4.31. The van der Waals surface area contributed by atoms with E-state index in [-0.39, 0.29) is 6.04 Å². The van der Waals surface area contributed by atoms with Gasteiger partial charge in [-0.25, -0.2) is 4.98 Å². The van der Waals surface area contributed by atoms with Crippen molar-refractivity contribution in [3.05, 3.63) is 34.5 Å². The van der Waals surface area contributed by atoms with Crippen LogP contribution in [0.5, 0.6) is 0 Å². The Morgan fingerprint density at radius 1 is 1.25 bits per heavy atom. The Bertz CT molecular complexity index is 503. The molecule has 0 aromatic carbocycles. The Kier molecular flexibility index (Phi) is 3.03. The summed E-state index contributed by atoms with van der Waals surface area (Å²) in [5.41, 5.74) is 8.84. The molecule has 0 aliphatic heterocycles. The van der Waals surface area contributed by atoms with Gasteiger partial charge in [0.05, 0.1) is 11.4 Å². The molecule has 2 aromatic rings. The number of hydrogen-bond acceptors (Lipinski definition) is 4. The molecule has 0 saturated carbocycles. The smallest absolute Gasteiger partial charge is 0.142 e. The number of aryl methyl sites for hydroxylation is 2. The van der Waals surface area contributed by atoms with Crippen LogP contribution in [0.25, 0.3) is 10.7 Å². The van der Waals surface area contributed by atoms with Crippen molar-refractivity contribution in [3.63, 3.8) is 0 Å². The molecule has 0 spiro atoms. The third kappa shape index (κ3) is 2.13. The minimum Gasteiger partial charge on any atom is -0.323 e. The zero-order chi connectivity index (χ0) is 11.7. The maximum atomic E-state index is 5.89. The predicted molar refractivity (Wildman–Crippen MR) is 67.4 cm³/mol. The van der Waals surface area contributed by atoms with Gasteiger partial charge in [0, 0.05) is 16.6 Å². The molecule has 2 N–H and O–H groups in total. The summed E-state index contributed by atoms with van der Waals surface area (Å²) >= 11 is 1.63. The van der Waals surface area contributed by atoms with Crippen LogP contribution in [0.4, 0.5) is 0 Å². The molecule has 2 aromatic heterocycles. The summed E-state index contributed by atoms with van der Waals surface area (Å²) in [6, 6.07) is 6.00. The van der Waals surface area contributed by atoms with Crippen molar-refractivity contribution >= 4 is 11.3 Å². The summed E-state index contributed by atoms with van der Waals surface area (Å²) < 4.78 is 0. The number of nitrogens with zero attached hydrogens (tertiary/aromatic N) is 2. The van der Waals surface area contributed by atoms with E-state index >= 15 is 0 Å². The van der Waals surface area contributed by atoms with Crippen LogP contribution < -0.4 is 5.73 Å². The average Bonchev–Trinajstić information content (AvgIpc) is 2.60. The van der Waals surface area contributed by atoms with Crippen LogP contribution >= 0.6 is 11.3 Å². The summed E-state index contributed by atoms with van der Waals surface area (Å²) in [6.07, 6.45) is 0. The van der Waals surface area contributed by atoms with Crippen LogP contribution in [0.3, 0.4) is 0 Å². The third-order valence-corrected chi connectivity index (χ3v) is 3.73. The van der Waals surface area contributed by atoms with E-state index in [9.17, 15) is 0 Å². The first-order valence-corrected chi connectivity index (χ1v) is 6.06. The van der Waals surface area contributed by atoms with E-state index in [4.69, 9.17) is 5.73 Å². The summed E-state index contributed by atoms with van der Waals surface area (Å²) in [7, 11) is 0. The molecule has 0 amide bonds. The molecule has 84 valence electrons. The normalized spacial score (nSPS) is 12.8. The number of hydrogen-bond donors (Lipinski definition) is 1. The fourth-order valence-electron chi connectivity index (χ4n) is 1.60. The highest BCUT2D eigenvalue weighted by Gasteiger charge is 2.12. The molecule has 4 heteroatoms. The Hall–Kier alpha value is -1.26. The largest absolute Gasteiger partial charge is 0.323 e. The van der Waals surface area contributed by atoms with Crippen LogP contribution in [-0.2, 0) is 0 Å². The molecular formula is C12H15N3S. The van der Waals surface area contributed by atoms with Gasteiger partial charge in [0.1, 0.15) is 5.01 Å². The van der Waals surface area contributed by atoms with Gasteiger partial charge in [-0.05, 0) is 32.9 Å². The van der Waals surface area contributed by atoms with Crippen molar-refractivity contribution < 1.29 is 0 Å². The van der Waals surface area contributed by atoms with Crippen molar-refractivity contribution in [2.45, 2.75) is 26.8 Å². The molecule has 0 radical (unpaired) electrons. The molecule has 0 aliphatic carbocycles. The van der Waals surface area contributed by atoms with Crippen molar-refractivity contribution in [2.24, 2.45) is 5.73 Å². The number of aromatic nitrogens is 2. The van der Waals surface area contributed by atoms with Crippen molar-refractivity contribution in [2.75, 3.05) is 0 Å². The van der Waals surface area contributed by atoms with E-state index in [0.29, 0.717) is 0 Å². The van der Waals surface area contributed by atoms with Gasteiger partial charge in [-0.3, -0.25) is 4.98 Å². The molecule has 0 bridgehead atoms. The standard InChI is InChI=1S/C12H15N3S/c1-7-5-4-6-10(14-7)12-15-9(3)11(16-12)8(2)13/h4-6,8H,13H2,1-3H3. The van der Waals surface area contributed by atoms with Gasteiger partial charge in [-0.2, -0.15) is 0 Å². The molecule has 16 heavy (non-hydrogen) atoms. The Balaban J connectivity index is 2.45. The summed E-state index contributed by atoms with van der Waals surface area (Å²) in [6.45, 7) is 5.96. The molecular weight excluding hydrogens is 218 g/mol. The lowest BCUT2D eigenvalue weighted by molar-refractivity contribution is 0.825. The molecule has 0 saturated heterocycles. The van der Waals surface area contributed by atoms with E-state index in [1.54, 1.807) is 11.3 Å². The maximum absolute atomic E-state index is 5.89. The van der Waals surface area contributed by atoms with Crippen molar-refractivity contribution in [1.29, 1.82) is 0 Å². The molecule has 0 aliphatic rings. The number of thiazole rings is 1. The van der Waals surface area contributed by atoms with Crippen molar-refractivity contribution in [3.8, 4) is 10.7 Å². The number of rotatable bonds is 2. The first-order valence-electron chi connectivity index (χ1n) is 5.25. The van der Waals surface area contributed by atoms with Gasteiger partial charge < -0.3 is 5.73 Å². The molecule has 1 unspecified atom stereocenters. The van der Waals surface area contributed by atoms with Gasteiger partial charge >= 0.3 is 0 Å². The minimum atomic E-state index is 0.0380. The van der Waals surface area contributed by atoms with Crippen LogP contribution in [0, 0.1) is 13.8 Å². The fourth-order valence-corrected chi connectivity index (χ4v) is 2.59. The number of nitrogens with two attached hydrogens (primary N) is 1. The molecule has 2 rings (SSSR count). The van der Waals surface area contributed by atoms with E-state index in [1.165, 1.54) is 0 Å². The van der Waals surface area contributed by atoms with E-state index in [1.807, 2.05) is 39.0 Å². The van der Waals surface area contributed by atoms with Gasteiger partial charge in [0.25, 0.3) is 0 Å². The van der Waals surface area contributed by atoms with Gasteiger partial charge in [0.15, 0.2) is 0 Å². The van der Waals surface area contributed by atoms with E-state index in [0.717, 1.165) is 27.0 Å². The average molecular weight is 233 g/mol. The van der Waals surface area contributed by atoms with Crippen LogP contribution in [-0.4, -0.2) is 9.97 Å². The van der Waals surface area contributed by atoms with Crippen LogP contribution in [0.15, 0.2) is 18.2 Å². The quantitative estimate of drug-likeness (QED) is 0.867. The highest BCUT2D eigenvalue weighted by molar-refractivity contribution is 7.15. The molecule has 0 fully saturated rings. The minimum absolute atomic E-state index is 0.0380. The molecule has 3 nitrogen and oxygen atoms in total.